The first kappa shape index (κ1) is 16.5. The number of nitrogens with one attached hydrogen (secondary N) is 2. The van der Waals surface area contributed by atoms with Crippen LogP contribution in [-0.4, -0.2) is 32.4 Å². The maximum atomic E-state index is 13.4. The molecule has 2 heterocycles. The molecule has 3 aliphatic carbocycles. The quantitative estimate of drug-likeness (QED) is 0.799. The smallest absolute Gasteiger partial charge is 0.336 e. The lowest BCUT2D eigenvalue weighted by atomic mass is 9.76. The van der Waals surface area contributed by atoms with Gasteiger partial charge in [-0.25, -0.2) is 4.68 Å². The summed E-state index contributed by atoms with van der Waals surface area (Å²) in [5, 5.41) is 6.50. The van der Waals surface area contributed by atoms with Gasteiger partial charge in [0.05, 0.1) is 16.3 Å². The summed E-state index contributed by atoms with van der Waals surface area (Å²) in [6.07, 6.45) is 1.33. The topological polar surface area (TPSA) is 85.7 Å². The van der Waals surface area contributed by atoms with E-state index in [1.54, 1.807) is 0 Å². The molecule has 0 aliphatic heterocycles. The minimum Gasteiger partial charge on any atom is -0.336 e. The van der Waals surface area contributed by atoms with Crippen LogP contribution in [0.15, 0.2) is 18.6 Å². The number of aromatic nitrogens is 4. The zero-order chi connectivity index (χ0) is 19.0. The second kappa shape index (κ2) is 5.20. The van der Waals surface area contributed by atoms with E-state index in [0.29, 0.717) is 34.6 Å². The van der Waals surface area contributed by atoms with Crippen molar-refractivity contribution in [2.45, 2.75) is 49.7 Å². The van der Waals surface area contributed by atoms with Gasteiger partial charge in [-0.3, -0.25) is 4.79 Å². The van der Waals surface area contributed by atoms with Gasteiger partial charge in [0, 0.05) is 16.4 Å². The first-order valence-electron chi connectivity index (χ1n) is 8.91. The number of hydrogen-bond donors (Lipinski definition) is 2. The van der Waals surface area contributed by atoms with E-state index in [-0.39, 0.29) is 24.5 Å². The number of alkyl halides is 3. The van der Waals surface area contributed by atoms with E-state index in [4.69, 9.17) is 0 Å². The van der Waals surface area contributed by atoms with Crippen molar-refractivity contribution in [1.29, 1.82) is 0 Å². The number of aromatic amines is 1. The van der Waals surface area contributed by atoms with Gasteiger partial charge in [-0.1, -0.05) is 0 Å². The van der Waals surface area contributed by atoms with E-state index in [0.717, 1.165) is 12.1 Å². The number of hydrogen-bond acceptors (Lipinski definition) is 3. The second-order valence-electron chi connectivity index (χ2n) is 7.65. The van der Waals surface area contributed by atoms with Crippen molar-refractivity contribution in [1.82, 2.24) is 20.1 Å². The first-order chi connectivity index (χ1) is 12.8. The third-order valence-electron chi connectivity index (χ3n) is 6.01. The maximum absolute atomic E-state index is 13.4. The summed E-state index contributed by atoms with van der Waals surface area (Å²) < 4.78 is 42.3. The molecule has 5 rings (SSSR count). The Hall–Kier alpha value is -2.65. The molecule has 1 amide bonds. The largest absolute Gasteiger partial charge is 0.411 e. The van der Waals surface area contributed by atoms with Crippen LogP contribution >= 0.6 is 0 Å². The highest BCUT2D eigenvalue weighted by Gasteiger charge is 2.60. The monoisotopic (exact) mass is 380 g/mol. The Morgan fingerprint density at radius 1 is 1.41 bits per heavy atom. The number of amides is 1. The van der Waals surface area contributed by atoms with Crippen molar-refractivity contribution >= 4 is 5.91 Å². The van der Waals surface area contributed by atoms with Gasteiger partial charge in [-0.15, -0.1) is 0 Å². The van der Waals surface area contributed by atoms with Crippen LogP contribution in [0.1, 0.15) is 53.3 Å². The molecular formula is C17H17F3N5O2+. The highest BCUT2D eigenvalue weighted by molar-refractivity contribution is 5.95. The van der Waals surface area contributed by atoms with Gasteiger partial charge in [-0.2, -0.15) is 18.3 Å². The first-order valence-corrected chi connectivity index (χ1v) is 8.91. The molecule has 0 unspecified atom stereocenters. The maximum Gasteiger partial charge on any atom is 0.411 e. The number of nitrogens with zero attached hydrogens (tertiary/aromatic N) is 3. The van der Waals surface area contributed by atoms with E-state index in [1.165, 1.54) is 23.3 Å². The Morgan fingerprint density at radius 2 is 2.19 bits per heavy atom. The standard InChI is InChI=1S/C17H16F3N5O2/c18-17(19,20)16(2-1-3-16)22-15(26)13-11-7-9-6-10(9)14(11)25(23-13)12-8-24(27)5-4-21-12/h4-5,8-10H,1-3,6-7H2,(H-,21,22,26,27)/p+1/t9-,10-/m0/s1. The summed E-state index contributed by atoms with van der Waals surface area (Å²) in [7, 11) is 0. The third kappa shape index (κ3) is 2.35. The van der Waals surface area contributed by atoms with Crippen LogP contribution in [0.5, 0.6) is 0 Å². The van der Waals surface area contributed by atoms with E-state index < -0.39 is 17.6 Å². The van der Waals surface area contributed by atoms with E-state index in [2.05, 4.69) is 15.4 Å². The fourth-order valence-electron chi connectivity index (χ4n) is 4.28. The van der Waals surface area contributed by atoms with Gasteiger partial charge in [0.25, 0.3) is 12.1 Å². The van der Waals surface area contributed by atoms with Gasteiger partial charge < -0.3 is 10.3 Å². The van der Waals surface area contributed by atoms with Crippen LogP contribution in [0.4, 0.5) is 13.2 Å². The number of halogens is 3. The van der Waals surface area contributed by atoms with Crippen molar-refractivity contribution in [3.63, 3.8) is 0 Å². The summed E-state index contributed by atoms with van der Waals surface area (Å²) in [4.78, 5) is 27.2. The van der Waals surface area contributed by atoms with Crippen molar-refractivity contribution in [3.05, 3.63) is 40.4 Å². The normalized spacial score (nSPS) is 24.7. The molecule has 3 aliphatic rings. The molecule has 2 N–H and O–H groups in total. The van der Waals surface area contributed by atoms with E-state index in [1.807, 2.05) is 0 Å². The molecule has 10 heteroatoms. The van der Waals surface area contributed by atoms with Gasteiger partial charge in [0.2, 0.25) is 12.0 Å². The number of rotatable bonds is 3. The lowest BCUT2D eigenvalue weighted by Crippen LogP contribution is -2.63. The molecular weight excluding hydrogens is 363 g/mol. The van der Waals surface area contributed by atoms with Crippen LogP contribution in [0.25, 0.3) is 5.82 Å². The predicted molar refractivity (Wildman–Crippen MR) is 85.9 cm³/mol. The van der Waals surface area contributed by atoms with Crippen LogP contribution in [-0.2, 0) is 6.42 Å². The number of carbonyl (C=O) groups is 1. The van der Waals surface area contributed by atoms with Crippen LogP contribution in [0.2, 0.25) is 0 Å². The lowest BCUT2D eigenvalue weighted by molar-refractivity contribution is -0.495. The Balaban J connectivity index is 1.54. The molecule has 2 aromatic heterocycles. The van der Waals surface area contributed by atoms with E-state index >= 15 is 0 Å². The third-order valence-corrected chi connectivity index (χ3v) is 6.01. The molecule has 0 radical (unpaired) electrons. The van der Waals surface area contributed by atoms with Gasteiger partial charge >= 0.3 is 6.18 Å². The van der Waals surface area contributed by atoms with Crippen LogP contribution in [0, 0.1) is 10.8 Å². The number of carbonyl (C=O) groups excluding carboxylic acids is 1. The summed E-state index contributed by atoms with van der Waals surface area (Å²) in [6.45, 7) is 0. The average molecular weight is 380 g/mol. The Kier molecular flexibility index (Phi) is 3.18. The summed E-state index contributed by atoms with van der Waals surface area (Å²) in [5.74, 6) is 0.223. The Labute approximate surface area is 151 Å². The highest BCUT2D eigenvalue weighted by Crippen LogP contribution is 2.57. The number of fused-ring (bicyclic) bond motifs is 3. The van der Waals surface area contributed by atoms with Crippen molar-refractivity contribution < 1.29 is 22.4 Å². The molecule has 2 saturated carbocycles. The second-order valence-corrected chi connectivity index (χ2v) is 7.65. The zero-order valence-corrected chi connectivity index (χ0v) is 14.2. The minimum absolute atomic E-state index is 0.0300. The van der Waals surface area contributed by atoms with Crippen LogP contribution in [0.3, 0.4) is 0 Å². The van der Waals surface area contributed by atoms with Crippen molar-refractivity contribution in [3.8, 4) is 5.82 Å². The van der Waals surface area contributed by atoms with Crippen LogP contribution < -0.4 is 9.74 Å². The SMILES string of the molecule is O=C(NC1(C(F)(F)F)CCC1)c1nn(-c2c[n+](=O)cc[nH]2)c2c1C[C@@H]1C[C@H]21. The highest BCUT2D eigenvalue weighted by atomic mass is 19.4. The van der Waals surface area contributed by atoms with Crippen molar-refractivity contribution in [2.24, 2.45) is 5.92 Å². The Morgan fingerprint density at radius 3 is 2.81 bits per heavy atom. The Bertz CT molecular complexity index is 1000. The molecule has 0 bridgehead atoms. The summed E-state index contributed by atoms with van der Waals surface area (Å²) >= 11 is 0. The molecule has 27 heavy (non-hydrogen) atoms. The molecule has 2 atom stereocenters. The molecule has 0 spiro atoms. The van der Waals surface area contributed by atoms with E-state index in [9.17, 15) is 22.9 Å². The zero-order valence-electron chi connectivity index (χ0n) is 14.2. The molecule has 7 nitrogen and oxygen atoms in total. The van der Waals surface area contributed by atoms with Gasteiger partial charge in [0.1, 0.15) is 5.54 Å². The number of H-pyrrole nitrogens is 1. The van der Waals surface area contributed by atoms with Gasteiger partial charge in [0.15, 0.2) is 5.69 Å². The average Bonchev–Trinajstić information content (AvgIpc) is 3.06. The molecule has 142 valence electrons. The molecule has 2 aromatic rings. The lowest BCUT2D eigenvalue weighted by Gasteiger charge is -2.43. The molecule has 0 aromatic carbocycles. The van der Waals surface area contributed by atoms with Gasteiger partial charge in [-0.05, 0) is 38.0 Å². The molecule has 0 saturated heterocycles. The predicted octanol–water partition coefficient (Wildman–Crippen LogP) is 1.99. The fraction of sp³-hybridized carbons (Fsp3) is 0.529. The molecule has 2 fully saturated rings. The van der Waals surface area contributed by atoms with Crippen molar-refractivity contribution in [2.75, 3.05) is 0 Å². The fourth-order valence-corrected chi connectivity index (χ4v) is 4.28. The summed E-state index contributed by atoms with van der Waals surface area (Å²) in [5.41, 5.74) is -0.607. The summed E-state index contributed by atoms with van der Waals surface area (Å²) in [6, 6.07) is 0. The minimum atomic E-state index is -4.49.